The van der Waals surface area contributed by atoms with Gasteiger partial charge in [0.1, 0.15) is 0 Å². The molecule has 2 radical (unpaired) electrons. The Labute approximate surface area is 82.6 Å². The molecule has 0 N–H and O–H groups in total. The molecule has 0 aromatic rings. The van der Waals surface area contributed by atoms with Crippen LogP contribution in [-0.4, -0.2) is 24.7 Å². The standard InChI is InChI=1S/C11H14BP/c1-2-9-6-10(12)13(9)11-7-3-4-8(11)5-7/h3-4,9-11H,2,5-6H2,1H3/t9-,10+,13?/m0/s1. The summed E-state index contributed by atoms with van der Waals surface area (Å²) in [5.41, 5.74) is 5.75. The molecule has 0 amide bonds. The van der Waals surface area contributed by atoms with Gasteiger partial charge in [0.2, 0.25) is 0 Å². The SMILES string of the molecule is [B][C@H]1C[C@H](CC)P1C1C2=CC=C1C2. The molecule has 1 unspecified atom stereocenters. The number of fused-ring (bicyclic) bond motifs is 1. The molecule has 0 nitrogen and oxygen atoms in total. The predicted molar refractivity (Wildman–Crippen MR) is 59.7 cm³/mol. The van der Waals surface area contributed by atoms with Crippen LogP contribution in [0.3, 0.4) is 0 Å². The maximum Gasteiger partial charge on any atom is 0.0763 e. The zero-order valence-electron chi connectivity index (χ0n) is 8.03. The van der Waals surface area contributed by atoms with Gasteiger partial charge in [-0.15, -0.1) is 0 Å². The minimum Gasteiger partial charge on any atom is -0.0976 e. The van der Waals surface area contributed by atoms with Crippen LogP contribution in [0.4, 0.5) is 0 Å². The molecular formula is C11H14BP. The second kappa shape index (κ2) is 2.73. The number of rotatable bonds is 2. The van der Waals surface area contributed by atoms with Crippen molar-refractivity contribution in [1.29, 1.82) is 0 Å². The summed E-state index contributed by atoms with van der Waals surface area (Å²) in [7, 11) is 6.25. The first-order valence-corrected chi connectivity index (χ1v) is 6.78. The van der Waals surface area contributed by atoms with E-state index in [-0.39, 0.29) is 7.92 Å². The lowest BCUT2D eigenvalue weighted by atomic mass is 9.91. The molecule has 1 saturated carbocycles. The second-order valence-corrected chi connectivity index (χ2v) is 7.18. The van der Waals surface area contributed by atoms with Crippen molar-refractivity contribution in [2.45, 2.75) is 43.1 Å². The van der Waals surface area contributed by atoms with E-state index in [9.17, 15) is 0 Å². The maximum atomic E-state index is 6.13. The molecule has 4 rings (SSSR count). The molecule has 3 aliphatic carbocycles. The Hall–Kier alpha value is -0.0251. The number of hydrogen-bond acceptors (Lipinski definition) is 0. The van der Waals surface area contributed by atoms with Crippen LogP contribution >= 0.6 is 7.92 Å². The molecule has 1 saturated heterocycles. The second-order valence-electron chi connectivity index (χ2n) is 4.37. The molecule has 0 aromatic carbocycles. The van der Waals surface area contributed by atoms with Gasteiger partial charge in [-0.25, -0.2) is 0 Å². The summed E-state index contributed by atoms with van der Waals surface area (Å²) in [6.07, 6.45) is 8.59. The third kappa shape index (κ3) is 0.974. The van der Waals surface area contributed by atoms with Gasteiger partial charge in [-0.3, -0.25) is 0 Å². The Balaban J connectivity index is 1.79. The third-order valence-electron chi connectivity index (χ3n) is 3.71. The third-order valence-corrected chi connectivity index (χ3v) is 7.37. The van der Waals surface area contributed by atoms with Gasteiger partial charge in [-0.1, -0.05) is 43.7 Å². The Morgan fingerprint density at radius 2 is 2.15 bits per heavy atom. The average Bonchev–Trinajstić information content (AvgIpc) is 2.70. The number of hydrogen-bond donors (Lipinski definition) is 0. The summed E-state index contributed by atoms with van der Waals surface area (Å²) in [6.45, 7) is 2.31. The first-order chi connectivity index (χ1) is 6.31. The van der Waals surface area contributed by atoms with Crippen molar-refractivity contribution in [2.24, 2.45) is 0 Å². The minimum atomic E-state index is 0.128. The summed E-state index contributed by atoms with van der Waals surface area (Å²) in [5, 5.41) is 0. The Bertz CT molecular complexity index is 287. The first-order valence-electron chi connectivity index (χ1n) is 5.23. The minimum absolute atomic E-state index is 0.128. The van der Waals surface area contributed by atoms with E-state index in [0.717, 1.165) is 11.3 Å². The highest BCUT2D eigenvalue weighted by Gasteiger charge is 2.48. The normalized spacial score (nSPS) is 42.1. The topological polar surface area (TPSA) is 0 Å². The quantitative estimate of drug-likeness (QED) is 0.461. The molecule has 2 heteroatoms. The summed E-state index contributed by atoms with van der Waals surface area (Å²) in [4.78, 5) is 0. The molecule has 66 valence electrons. The molecule has 0 aromatic heterocycles. The van der Waals surface area contributed by atoms with Crippen molar-refractivity contribution < 1.29 is 0 Å². The van der Waals surface area contributed by atoms with E-state index < -0.39 is 0 Å². The lowest BCUT2D eigenvalue weighted by Crippen LogP contribution is -2.39. The van der Waals surface area contributed by atoms with Crippen molar-refractivity contribution in [3.05, 3.63) is 23.3 Å². The van der Waals surface area contributed by atoms with Crippen LogP contribution in [0.1, 0.15) is 26.2 Å². The summed E-state index contributed by atoms with van der Waals surface area (Å²) in [5.74, 6) is 0. The van der Waals surface area contributed by atoms with Gasteiger partial charge < -0.3 is 0 Å². The van der Waals surface area contributed by atoms with Crippen molar-refractivity contribution in [3.63, 3.8) is 0 Å². The summed E-state index contributed by atoms with van der Waals surface area (Å²) >= 11 is 0. The molecule has 3 atom stereocenters. The highest BCUT2D eigenvalue weighted by atomic mass is 31.1. The molecule has 0 spiro atoms. The molecule has 2 bridgehead atoms. The smallest absolute Gasteiger partial charge is 0.0763 e. The van der Waals surface area contributed by atoms with E-state index >= 15 is 0 Å². The zero-order valence-corrected chi connectivity index (χ0v) is 8.93. The fourth-order valence-electron chi connectivity index (χ4n) is 2.87. The van der Waals surface area contributed by atoms with Crippen LogP contribution in [0.25, 0.3) is 0 Å². The van der Waals surface area contributed by atoms with Gasteiger partial charge in [-0.05, 0) is 24.9 Å². The van der Waals surface area contributed by atoms with Gasteiger partial charge in [0.25, 0.3) is 0 Å². The molecule has 1 heterocycles. The van der Waals surface area contributed by atoms with Crippen LogP contribution in [0.2, 0.25) is 0 Å². The largest absolute Gasteiger partial charge is 0.0976 e. The molecule has 2 fully saturated rings. The zero-order chi connectivity index (χ0) is 9.00. The molecule has 1 aliphatic heterocycles. The van der Waals surface area contributed by atoms with Crippen LogP contribution in [0.5, 0.6) is 0 Å². The summed E-state index contributed by atoms with van der Waals surface area (Å²) < 4.78 is 0. The molecular weight excluding hydrogens is 174 g/mol. The van der Waals surface area contributed by atoms with Crippen molar-refractivity contribution in [1.82, 2.24) is 0 Å². The Kier molecular flexibility index (Phi) is 1.74. The van der Waals surface area contributed by atoms with Crippen LogP contribution < -0.4 is 0 Å². The van der Waals surface area contributed by atoms with Crippen molar-refractivity contribution in [2.75, 3.05) is 0 Å². The summed E-state index contributed by atoms with van der Waals surface area (Å²) in [6, 6.07) is 0. The Morgan fingerprint density at radius 3 is 2.62 bits per heavy atom. The van der Waals surface area contributed by atoms with Crippen molar-refractivity contribution in [3.8, 4) is 0 Å². The fourth-order valence-corrected chi connectivity index (χ4v) is 6.33. The van der Waals surface area contributed by atoms with Crippen LogP contribution in [0.15, 0.2) is 23.3 Å². The monoisotopic (exact) mass is 188 g/mol. The van der Waals surface area contributed by atoms with Gasteiger partial charge >= 0.3 is 0 Å². The van der Waals surface area contributed by atoms with E-state index in [1.165, 1.54) is 19.3 Å². The van der Waals surface area contributed by atoms with E-state index in [1.54, 1.807) is 11.1 Å². The first kappa shape index (κ1) is 8.30. The van der Waals surface area contributed by atoms with E-state index in [2.05, 4.69) is 19.1 Å². The molecule has 4 aliphatic rings. The van der Waals surface area contributed by atoms with Gasteiger partial charge in [-0.2, -0.15) is 0 Å². The van der Waals surface area contributed by atoms with Crippen LogP contribution in [-0.2, 0) is 0 Å². The Morgan fingerprint density at radius 1 is 1.46 bits per heavy atom. The van der Waals surface area contributed by atoms with Gasteiger partial charge in [0.05, 0.1) is 7.85 Å². The molecule has 13 heavy (non-hydrogen) atoms. The van der Waals surface area contributed by atoms with Gasteiger partial charge in [0.15, 0.2) is 0 Å². The highest BCUT2D eigenvalue weighted by molar-refractivity contribution is 7.64. The lowest BCUT2D eigenvalue weighted by Gasteiger charge is -2.52. The van der Waals surface area contributed by atoms with E-state index in [4.69, 9.17) is 7.85 Å². The maximum absolute atomic E-state index is 6.13. The number of allylic oxidation sites excluding steroid dienone is 4. The van der Waals surface area contributed by atoms with Crippen molar-refractivity contribution >= 4 is 15.8 Å². The van der Waals surface area contributed by atoms with E-state index in [1.807, 2.05) is 0 Å². The average molecular weight is 188 g/mol. The van der Waals surface area contributed by atoms with E-state index in [0.29, 0.717) is 5.56 Å². The highest BCUT2D eigenvalue weighted by Crippen LogP contribution is 2.70. The van der Waals surface area contributed by atoms with Gasteiger partial charge in [0, 0.05) is 5.66 Å². The predicted octanol–water partition coefficient (Wildman–Crippen LogP) is 2.78. The van der Waals surface area contributed by atoms with Crippen LogP contribution in [0, 0.1) is 0 Å². The lowest BCUT2D eigenvalue weighted by molar-refractivity contribution is 0.684. The fraction of sp³-hybridized carbons (Fsp3) is 0.636.